The van der Waals surface area contributed by atoms with Crippen molar-refractivity contribution in [2.75, 3.05) is 0 Å². The predicted molar refractivity (Wildman–Crippen MR) is 35.5 cm³/mol. The van der Waals surface area contributed by atoms with Crippen molar-refractivity contribution in [1.82, 2.24) is 5.32 Å². The molecule has 0 saturated heterocycles. The lowest BCUT2D eigenvalue weighted by molar-refractivity contribution is 0.464. The molecule has 0 aromatic rings. The molecule has 0 amide bonds. The smallest absolute Gasteiger partial charge is 0.0313 e. The molecule has 1 heterocycles. The molecule has 0 aromatic heterocycles. The standard InChI is InChI=1S/C7H13N/c1-6(2)7-4-3-5-8-7/h3,5-8H,4H2,1-2H3. The minimum absolute atomic E-state index is 0.704. The Hall–Kier alpha value is -0.460. The molecule has 1 nitrogen and oxygen atoms in total. The molecule has 1 rings (SSSR count). The van der Waals surface area contributed by atoms with Crippen LogP contribution in [0, 0.1) is 5.92 Å². The fraction of sp³-hybridized carbons (Fsp3) is 0.714. The first-order valence-electron chi connectivity index (χ1n) is 3.22. The van der Waals surface area contributed by atoms with Crippen molar-refractivity contribution < 1.29 is 0 Å². The highest BCUT2D eigenvalue weighted by molar-refractivity contribution is 4.95. The van der Waals surface area contributed by atoms with Gasteiger partial charge >= 0.3 is 0 Å². The van der Waals surface area contributed by atoms with Crippen LogP contribution in [0.1, 0.15) is 20.3 Å². The zero-order valence-electron chi connectivity index (χ0n) is 5.52. The minimum atomic E-state index is 0.704. The van der Waals surface area contributed by atoms with Gasteiger partial charge in [-0.05, 0) is 18.5 Å². The zero-order chi connectivity index (χ0) is 5.98. The maximum absolute atomic E-state index is 3.28. The normalized spacial score (nSPS) is 26.6. The molecule has 0 radical (unpaired) electrons. The fourth-order valence-corrected chi connectivity index (χ4v) is 0.939. The van der Waals surface area contributed by atoms with Crippen LogP contribution in [0.15, 0.2) is 12.3 Å². The highest BCUT2D eigenvalue weighted by Gasteiger charge is 2.11. The third kappa shape index (κ3) is 1.03. The van der Waals surface area contributed by atoms with E-state index in [4.69, 9.17) is 0 Å². The van der Waals surface area contributed by atoms with Gasteiger partial charge in [-0.3, -0.25) is 0 Å². The second-order valence-electron chi connectivity index (χ2n) is 2.66. The van der Waals surface area contributed by atoms with Gasteiger partial charge in [-0.2, -0.15) is 0 Å². The van der Waals surface area contributed by atoms with Gasteiger partial charge in [0.1, 0.15) is 0 Å². The molecule has 1 heteroatoms. The molecule has 1 aliphatic rings. The van der Waals surface area contributed by atoms with Crippen LogP contribution >= 0.6 is 0 Å². The van der Waals surface area contributed by atoms with Gasteiger partial charge in [0.05, 0.1) is 0 Å². The second-order valence-corrected chi connectivity index (χ2v) is 2.66. The summed E-state index contributed by atoms with van der Waals surface area (Å²) in [5.74, 6) is 0.769. The quantitative estimate of drug-likeness (QED) is 0.541. The second kappa shape index (κ2) is 2.21. The molecule has 0 fully saturated rings. The molecule has 1 atom stereocenters. The molecule has 0 saturated carbocycles. The van der Waals surface area contributed by atoms with E-state index in [9.17, 15) is 0 Å². The summed E-state index contributed by atoms with van der Waals surface area (Å²) in [5, 5.41) is 3.28. The molecular weight excluding hydrogens is 98.1 g/mol. The summed E-state index contributed by atoms with van der Waals surface area (Å²) in [4.78, 5) is 0. The molecule has 1 unspecified atom stereocenters. The Morgan fingerprint density at radius 1 is 1.62 bits per heavy atom. The highest BCUT2D eigenvalue weighted by atomic mass is 14.9. The summed E-state index contributed by atoms with van der Waals surface area (Å²) in [6, 6.07) is 0.704. The van der Waals surface area contributed by atoms with E-state index in [-0.39, 0.29) is 0 Å². The molecule has 1 N–H and O–H groups in total. The molecular formula is C7H13N. The van der Waals surface area contributed by atoms with Crippen LogP contribution in [0.2, 0.25) is 0 Å². The zero-order valence-corrected chi connectivity index (χ0v) is 5.52. The minimum Gasteiger partial charge on any atom is -0.388 e. The van der Waals surface area contributed by atoms with E-state index in [1.165, 1.54) is 6.42 Å². The van der Waals surface area contributed by atoms with Gasteiger partial charge in [-0.15, -0.1) is 0 Å². The van der Waals surface area contributed by atoms with Crippen LogP contribution in [-0.4, -0.2) is 6.04 Å². The average Bonchev–Trinajstić information content (AvgIpc) is 2.12. The Morgan fingerprint density at radius 3 is 2.62 bits per heavy atom. The molecule has 0 bridgehead atoms. The van der Waals surface area contributed by atoms with E-state index in [2.05, 4.69) is 25.2 Å². The van der Waals surface area contributed by atoms with Gasteiger partial charge in [0, 0.05) is 6.04 Å². The van der Waals surface area contributed by atoms with Crippen LogP contribution in [0.5, 0.6) is 0 Å². The summed E-state index contributed by atoms with van der Waals surface area (Å²) in [7, 11) is 0. The van der Waals surface area contributed by atoms with Crippen molar-refractivity contribution in [3.8, 4) is 0 Å². The molecule has 8 heavy (non-hydrogen) atoms. The van der Waals surface area contributed by atoms with Crippen LogP contribution in [-0.2, 0) is 0 Å². The Balaban J connectivity index is 2.29. The highest BCUT2D eigenvalue weighted by Crippen LogP contribution is 2.10. The number of hydrogen-bond donors (Lipinski definition) is 1. The van der Waals surface area contributed by atoms with E-state index < -0.39 is 0 Å². The Kier molecular flexibility index (Phi) is 1.56. The van der Waals surface area contributed by atoms with Crippen LogP contribution in [0.3, 0.4) is 0 Å². The first-order chi connectivity index (χ1) is 3.80. The van der Waals surface area contributed by atoms with Crippen molar-refractivity contribution in [1.29, 1.82) is 0 Å². The van der Waals surface area contributed by atoms with Gasteiger partial charge in [-0.25, -0.2) is 0 Å². The van der Waals surface area contributed by atoms with Crippen LogP contribution < -0.4 is 5.32 Å². The lowest BCUT2D eigenvalue weighted by atomic mass is 10.0. The molecule has 0 spiro atoms. The molecule has 46 valence electrons. The Labute approximate surface area is 50.8 Å². The summed E-state index contributed by atoms with van der Waals surface area (Å²) >= 11 is 0. The van der Waals surface area contributed by atoms with Crippen molar-refractivity contribution in [3.05, 3.63) is 12.3 Å². The monoisotopic (exact) mass is 111 g/mol. The van der Waals surface area contributed by atoms with Crippen LogP contribution in [0.25, 0.3) is 0 Å². The summed E-state index contributed by atoms with van der Waals surface area (Å²) in [6.07, 6.45) is 5.44. The van der Waals surface area contributed by atoms with Crippen molar-refractivity contribution in [3.63, 3.8) is 0 Å². The molecule has 0 aromatic carbocycles. The third-order valence-corrected chi connectivity index (χ3v) is 1.62. The third-order valence-electron chi connectivity index (χ3n) is 1.62. The molecule has 0 aliphatic carbocycles. The first kappa shape index (κ1) is 5.67. The SMILES string of the molecule is CC(C)C1CC=CN1. The Bertz CT molecular complexity index is 86.6. The predicted octanol–water partition coefficient (Wildman–Crippen LogP) is 1.52. The summed E-state index contributed by atoms with van der Waals surface area (Å²) in [6.45, 7) is 4.48. The van der Waals surface area contributed by atoms with Gasteiger partial charge in [0.15, 0.2) is 0 Å². The summed E-state index contributed by atoms with van der Waals surface area (Å²) in [5.41, 5.74) is 0. The van der Waals surface area contributed by atoms with E-state index in [0.29, 0.717) is 6.04 Å². The van der Waals surface area contributed by atoms with Crippen molar-refractivity contribution in [2.45, 2.75) is 26.3 Å². The Morgan fingerprint density at radius 2 is 2.38 bits per heavy atom. The van der Waals surface area contributed by atoms with Crippen molar-refractivity contribution >= 4 is 0 Å². The fourth-order valence-electron chi connectivity index (χ4n) is 0.939. The average molecular weight is 111 g/mol. The van der Waals surface area contributed by atoms with Crippen LogP contribution in [0.4, 0.5) is 0 Å². The van der Waals surface area contributed by atoms with E-state index in [1.807, 2.05) is 6.20 Å². The van der Waals surface area contributed by atoms with E-state index in [0.717, 1.165) is 5.92 Å². The first-order valence-corrected chi connectivity index (χ1v) is 3.22. The topological polar surface area (TPSA) is 12.0 Å². The lowest BCUT2D eigenvalue weighted by Gasteiger charge is -2.13. The van der Waals surface area contributed by atoms with E-state index in [1.54, 1.807) is 0 Å². The van der Waals surface area contributed by atoms with Gasteiger partial charge in [-0.1, -0.05) is 19.9 Å². The van der Waals surface area contributed by atoms with E-state index >= 15 is 0 Å². The maximum Gasteiger partial charge on any atom is 0.0313 e. The largest absolute Gasteiger partial charge is 0.388 e. The lowest BCUT2D eigenvalue weighted by Crippen LogP contribution is -2.24. The number of hydrogen-bond acceptors (Lipinski definition) is 1. The van der Waals surface area contributed by atoms with Crippen molar-refractivity contribution in [2.24, 2.45) is 5.92 Å². The molecule has 1 aliphatic heterocycles. The number of nitrogens with one attached hydrogen (secondary N) is 1. The van der Waals surface area contributed by atoms with Gasteiger partial charge in [0.2, 0.25) is 0 Å². The maximum atomic E-state index is 3.28. The van der Waals surface area contributed by atoms with Gasteiger partial charge in [0.25, 0.3) is 0 Å². The summed E-state index contributed by atoms with van der Waals surface area (Å²) < 4.78 is 0. The number of rotatable bonds is 1. The van der Waals surface area contributed by atoms with Gasteiger partial charge < -0.3 is 5.32 Å².